The van der Waals surface area contributed by atoms with E-state index in [9.17, 15) is 0 Å². The molecule has 0 aromatic carbocycles. The van der Waals surface area contributed by atoms with Crippen LogP contribution in [0.5, 0.6) is 0 Å². The van der Waals surface area contributed by atoms with Gasteiger partial charge >= 0.3 is 0 Å². The molecule has 17 atom stereocenters. The summed E-state index contributed by atoms with van der Waals surface area (Å²) in [6.07, 6.45) is 23.5. The molecule has 5 aliphatic heterocycles. The van der Waals surface area contributed by atoms with Crippen LogP contribution in [-0.4, -0.2) is 61.5 Å². The molecule has 8 N–H and O–H groups in total. The van der Waals surface area contributed by atoms with E-state index in [0.717, 1.165) is 5.92 Å². The molecule has 274 valence electrons. The first kappa shape index (κ1) is 36.2. The quantitative estimate of drug-likeness (QED) is 0.202. The van der Waals surface area contributed by atoms with Gasteiger partial charge in [-0.25, -0.2) is 0 Å². The molecule has 49 heavy (non-hydrogen) atoms. The third kappa shape index (κ3) is 6.80. The zero-order valence-corrected chi connectivity index (χ0v) is 34.2. The van der Waals surface area contributed by atoms with Crippen LogP contribution >= 0.6 is 0 Å². The number of nitrogens with one attached hydrogen (secondary N) is 8. The topological polar surface area (TPSA) is 105 Å². The van der Waals surface area contributed by atoms with E-state index in [1.54, 1.807) is 0 Å². The molecule has 9 nitrogen and oxygen atoms in total. The fourth-order valence-electron chi connectivity index (χ4n) is 13.4. The summed E-state index contributed by atoms with van der Waals surface area (Å²) < 4.78 is 7.25. The van der Waals surface area contributed by atoms with Crippen LogP contribution in [0.25, 0.3) is 0 Å². The molecular formula is C39H70N8OZn. The minimum atomic E-state index is 0. The Morgan fingerprint density at radius 2 is 0.653 bits per heavy atom. The van der Waals surface area contributed by atoms with Crippen molar-refractivity contribution in [3.05, 3.63) is 0 Å². The van der Waals surface area contributed by atoms with Crippen molar-refractivity contribution < 1.29 is 24.2 Å². The molecule has 0 radical (unpaired) electrons. The number of ether oxygens (including phenoxy) is 1. The number of fused-ring (bicyclic) bond motifs is 20. The second-order valence-corrected chi connectivity index (χ2v) is 18.8. The van der Waals surface area contributed by atoms with Gasteiger partial charge in [-0.3, -0.25) is 42.5 Å². The van der Waals surface area contributed by atoms with Gasteiger partial charge in [-0.2, -0.15) is 0 Å². The van der Waals surface area contributed by atoms with Crippen molar-refractivity contribution in [1.82, 2.24) is 42.5 Å². The minimum absolute atomic E-state index is 0. The van der Waals surface area contributed by atoms with Gasteiger partial charge in [-0.15, -0.1) is 0 Å². The van der Waals surface area contributed by atoms with Crippen molar-refractivity contribution in [3.8, 4) is 0 Å². The van der Waals surface area contributed by atoms with E-state index in [1.807, 2.05) is 0 Å². The van der Waals surface area contributed by atoms with Gasteiger partial charge in [-0.1, -0.05) is 72.6 Å². The molecule has 0 spiro atoms. The predicted molar refractivity (Wildman–Crippen MR) is 191 cm³/mol. The van der Waals surface area contributed by atoms with Crippen LogP contribution in [0.3, 0.4) is 0 Å². The van der Waals surface area contributed by atoms with Crippen LogP contribution < -0.4 is 42.5 Å². The van der Waals surface area contributed by atoms with Gasteiger partial charge in [0, 0.05) is 25.4 Å². The van der Waals surface area contributed by atoms with E-state index in [-0.39, 0.29) is 25.6 Å². The standard InChI is InChI=1S/C39H70N8O.Zn/c1-20(2)31(21(3)4)48-29-19-11-18-28-30(29)39-46-37-27-17-10-9-16-26(27)35(44-37)42-33-23-13-6-5-12-22(23)32(40-33)41-34-24-14-7-8-15-25(24)36(43-34)45-38(28)47-39;/h20-47H,5-19H2,1-4H3;. The molecular weight excluding hydrogens is 662 g/mol. The summed E-state index contributed by atoms with van der Waals surface area (Å²) in [6.45, 7) is 9.43. The SMILES string of the molecule is CC(C)C(OC1CCCC2C3NC4NC(NC5NC(NC6NC(NC(N3)C12)C1CCCCC61)C1CCCCC51)C1CCCCC41)C(C)C.[Zn]. The Labute approximate surface area is 310 Å². The van der Waals surface area contributed by atoms with E-state index in [2.05, 4.69) is 70.2 Å². The third-order valence-corrected chi connectivity index (χ3v) is 15.5. The molecule has 9 aliphatic rings. The molecule has 9 rings (SSSR count). The molecule has 8 bridgehead atoms. The smallest absolute Gasteiger partial charge is 0.0653 e. The van der Waals surface area contributed by atoms with Gasteiger partial charge in [0.25, 0.3) is 0 Å². The maximum Gasteiger partial charge on any atom is 0.0653 e. The molecule has 0 amide bonds. The van der Waals surface area contributed by atoms with Crippen LogP contribution in [0.15, 0.2) is 0 Å². The van der Waals surface area contributed by atoms with E-state index in [1.165, 1.54) is 96.3 Å². The largest absolute Gasteiger partial charge is 0.374 e. The summed E-state index contributed by atoms with van der Waals surface area (Å²) >= 11 is 0. The molecule has 9 fully saturated rings. The molecule has 5 saturated heterocycles. The Kier molecular flexibility index (Phi) is 11.2. The average Bonchev–Trinajstić information content (AvgIpc) is 3.83. The third-order valence-electron chi connectivity index (χ3n) is 15.5. The maximum absolute atomic E-state index is 7.25. The molecule has 5 heterocycles. The minimum Gasteiger partial charge on any atom is -0.374 e. The Bertz CT molecular complexity index is 1100. The van der Waals surface area contributed by atoms with Crippen LogP contribution in [0.1, 0.15) is 124 Å². The van der Waals surface area contributed by atoms with Crippen LogP contribution in [0, 0.1) is 59.2 Å². The zero-order valence-electron chi connectivity index (χ0n) is 31.3. The summed E-state index contributed by atoms with van der Waals surface area (Å²) in [6, 6.07) is 0. The summed E-state index contributed by atoms with van der Waals surface area (Å²) in [5.74, 6) is 6.32. The monoisotopic (exact) mass is 730 g/mol. The first-order chi connectivity index (χ1) is 23.4. The summed E-state index contributed by atoms with van der Waals surface area (Å²) in [5.41, 5.74) is 0. The van der Waals surface area contributed by atoms with Crippen molar-refractivity contribution in [2.24, 2.45) is 59.2 Å². The van der Waals surface area contributed by atoms with Crippen molar-refractivity contribution in [1.29, 1.82) is 0 Å². The van der Waals surface area contributed by atoms with E-state index in [0.29, 0.717) is 109 Å². The molecule has 4 aliphatic carbocycles. The van der Waals surface area contributed by atoms with Crippen LogP contribution in [0.2, 0.25) is 0 Å². The molecule has 17 unspecified atom stereocenters. The Morgan fingerprint density at radius 3 is 0.980 bits per heavy atom. The Hall–Kier alpha value is 0.263. The Balaban J connectivity index is 0.00000348. The van der Waals surface area contributed by atoms with Crippen molar-refractivity contribution in [3.63, 3.8) is 0 Å². The maximum atomic E-state index is 7.25. The van der Waals surface area contributed by atoms with Crippen molar-refractivity contribution >= 4 is 0 Å². The summed E-state index contributed by atoms with van der Waals surface area (Å²) in [5, 5.41) is 34.2. The van der Waals surface area contributed by atoms with Gasteiger partial charge in [0.2, 0.25) is 0 Å². The van der Waals surface area contributed by atoms with Crippen LogP contribution in [-0.2, 0) is 24.2 Å². The van der Waals surface area contributed by atoms with Gasteiger partial charge in [0.1, 0.15) is 0 Å². The van der Waals surface area contributed by atoms with Gasteiger partial charge in [0.15, 0.2) is 0 Å². The molecule has 0 aromatic rings. The van der Waals surface area contributed by atoms with E-state index in [4.69, 9.17) is 4.74 Å². The number of hydrogen-bond donors (Lipinski definition) is 8. The summed E-state index contributed by atoms with van der Waals surface area (Å²) in [4.78, 5) is 0. The fourth-order valence-corrected chi connectivity index (χ4v) is 13.4. The van der Waals surface area contributed by atoms with Gasteiger partial charge in [0.05, 0.1) is 61.5 Å². The molecule has 10 heteroatoms. The molecule has 0 aromatic heterocycles. The summed E-state index contributed by atoms with van der Waals surface area (Å²) in [7, 11) is 0. The number of hydrogen-bond acceptors (Lipinski definition) is 9. The fraction of sp³-hybridized carbons (Fsp3) is 1.00. The second-order valence-electron chi connectivity index (χ2n) is 18.8. The zero-order chi connectivity index (χ0) is 32.5. The van der Waals surface area contributed by atoms with Gasteiger partial charge in [-0.05, 0) is 105 Å². The van der Waals surface area contributed by atoms with Crippen molar-refractivity contribution in [2.75, 3.05) is 0 Å². The van der Waals surface area contributed by atoms with Crippen LogP contribution in [0.4, 0.5) is 0 Å². The normalized spacial score (nSPS) is 50.9. The first-order valence-corrected chi connectivity index (χ1v) is 21.2. The molecule has 4 saturated carbocycles. The number of rotatable bonds is 4. The van der Waals surface area contributed by atoms with E-state index >= 15 is 0 Å². The second kappa shape index (κ2) is 15.2. The first-order valence-electron chi connectivity index (χ1n) is 21.2. The van der Waals surface area contributed by atoms with Gasteiger partial charge < -0.3 is 4.74 Å². The van der Waals surface area contributed by atoms with E-state index < -0.39 is 0 Å². The average molecular weight is 732 g/mol. The Morgan fingerprint density at radius 1 is 0.367 bits per heavy atom. The predicted octanol–water partition coefficient (Wildman–Crippen LogP) is 4.28. The van der Waals surface area contributed by atoms with Crippen molar-refractivity contribution in [2.45, 2.75) is 186 Å².